The SMILES string of the molecule is C=CCN1CCN([C@@H](c2ccc(F)cc2)c2nnnn2C2CCCCC2)CC1. The fourth-order valence-electron chi connectivity index (χ4n) is 4.52. The third-order valence-electron chi connectivity index (χ3n) is 6.03. The van der Waals surface area contributed by atoms with E-state index >= 15 is 0 Å². The van der Waals surface area contributed by atoms with Crippen LogP contribution in [-0.2, 0) is 0 Å². The Hall–Kier alpha value is -2.12. The van der Waals surface area contributed by atoms with E-state index in [4.69, 9.17) is 0 Å². The van der Waals surface area contributed by atoms with Gasteiger partial charge in [0.1, 0.15) is 5.82 Å². The van der Waals surface area contributed by atoms with E-state index in [1.807, 2.05) is 22.9 Å². The molecule has 28 heavy (non-hydrogen) atoms. The van der Waals surface area contributed by atoms with Gasteiger partial charge in [-0.3, -0.25) is 9.80 Å². The van der Waals surface area contributed by atoms with Crippen LogP contribution < -0.4 is 0 Å². The topological polar surface area (TPSA) is 50.1 Å². The molecule has 0 radical (unpaired) electrons. The molecule has 4 rings (SSSR count). The highest BCUT2D eigenvalue weighted by Crippen LogP contribution is 2.33. The highest BCUT2D eigenvalue weighted by atomic mass is 19.1. The zero-order valence-electron chi connectivity index (χ0n) is 16.4. The predicted molar refractivity (Wildman–Crippen MR) is 106 cm³/mol. The van der Waals surface area contributed by atoms with Gasteiger partial charge in [0.2, 0.25) is 0 Å². The number of tetrazole rings is 1. The van der Waals surface area contributed by atoms with E-state index in [-0.39, 0.29) is 11.9 Å². The number of benzene rings is 1. The molecule has 7 heteroatoms. The normalized spacial score (nSPS) is 20.9. The van der Waals surface area contributed by atoms with Crippen molar-refractivity contribution in [2.75, 3.05) is 32.7 Å². The lowest BCUT2D eigenvalue weighted by Gasteiger charge is -2.39. The highest BCUT2D eigenvalue weighted by molar-refractivity contribution is 5.25. The van der Waals surface area contributed by atoms with Crippen molar-refractivity contribution in [1.82, 2.24) is 30.0 Å². The number of rotatable bonds is 6. The molecule has 2 heterocycles. The lowest BCUT2D eigenvalue weighted by molar-refractivity contribution is 0.111. The third kappa shape index (κ3) is 4.15. The number of hydrogen-bond donors (Lipinski definition) is 0. The van der Waals surface area contributed by atoms with Gasteiger partial charge in [0, 0.05) is 32.7 Å². The van der Waals surface area contributed by atoms with Crippen molar-refractivity contribution in [2.45, 2.75) is 44.2 Å². The first-order valence-electron chi connectivity index (χ1n) is 10.4. The Balaban J connectivity index is 1.64. The quantitative estimate of drug-likeness (QED) is 0.716. The second kappa shape index (κ2) is 8.92. The third-order valence-corrected chi connectivity index (χ3v) is 6.03. The lowest BCUT2D eigenvalue weighted by atomic mass is 9.95. The summed E-state index contributed by atoms with van der Waals surface area (Å²) < 4.78 is 15.6. The Morgan fingerprint density at radius 1 is 1.07 bits per heavy atom. The molecule has 0 bridgehead atoms. The second-order valence-corrected chi connectivity index (χ2v) is 7.85. The predicted octanol–water partition coefficient (Wildman–Crippen LogP) is 3.21. The van der Waals surface area contributed by atoms with Gasteiger partial charge in [-0.2, -0.15) is 0 Å². The van der Waals surface area contributed by atoms with Crippen LogP contribution in [0, 0.1) is 5.82 Å². The fourth-order valence-corrected chi connectivity index (χ4v) is 4.52. The van der Waals surface area contributed by atoms with Gasteiger partial charge in [-0.25, -0.2) is 9.07 Å². The van der Waals surface area contributed by atoms with Gasteiger partial charge in [-0.15, -0.1) is 11.7 Å². The molecule has 1 aliphatic carbocycles. The largest absolute Gasteiger partial charge is 0.297 e. The zero-order chi connectivity index (χ0) is 19.3. The number of halogens is 1. The molecule has 2 aromatic rings. The first-order valence-corrected chi connectivity index (χ1v) is 10.4. The first-order chi connectivity index (χ1) is 13.8. The molecule has 0 spiro atoms. The van der Waals surface area contributed by atoms with Gasteiger partial charge in [0.25, 0.3) is 0 Å². The molecule has 1 atom stereocenters. The lowest BCUT2D eigenvalue weighted by Crippen LogP contribution is -2.48. The summed E-state index contributed by atoms with van der Waals surface area (Å²) >= 11 is 0. The molecule has 2 aliphatic rings. The maximum Gasteiger partial charge on any atom is 0.173 e. The number of piperazine rings is 1. The maximum atomic E-state index is 13.6. The first kappa shape index (κ1) is 19.2. The van der Waals surface area contributed by atoms with Crippen molar-refractivity contribution in [3.05, 3.63) is 54.1 Å². The number of nitrogens with zero attached hydrogens (tertiary/aromatic N) is 6. The monoisotopic (exact) mass is 384 g/mol. The van der Waals surface area contributed by atoms with E-state index in [1.165, 1.54) is 31.4 Å². The maximum absolute atomic E-state index is 13.6. The van der Waals surface area contributed by atoms with E-state index in [9.17, 15) is 4.39 Å². The summed E-state index contributed by atoms with van der Waals surface area (Å²) in [6.07, 6.45) is 7.96. The molecule has 0 unspecified atom stereocenters. The molecule has 1 aromatic carbocycles. The van der Waals surface area contributed by atoms with Crippen molar-refractivity contribution in [2.24, 2.45) is 0 Å². The van der Waals surface area contributed by atoms with E-state index in [2.05, 4.69) is 31.9 Å². The van der Waals surface area contributed by atoms with Gasteiger partial charge in [-0.05, 0) is 41.0 Å². The summed E-state index contributed by atoms with van der Waals surface area (Å²) in [4.78, 5) is 4.83. The minimum absolute atomic E-state index is 0.0524. The van der Waals surface area contributed by atoms with Gasteiger partial charge in [0.05, 0.1) is 12.1 Å². The van der Waals surface area contributed by atoms with E-state index < -0.39 is 0 Å². The smallest absolute Gasteiger partial charge is 0.173 e. The summed E-state index contributed by atoms with van der Waals surface area (Å²) in [6, 6.07) is 7.12. The molecule has 1 aliphatic heterocycles. The standard InChI is InChI=1S/C21H29FN6/c1-2-12-26-13-15-27(16-14-26)20(17-8-10-18(22)11-9-17)21-23-24-25-28(21)19-6-4-3-5-7-19/h2,8-11,19-20H,1,3-7,12-16H2/t20-/m0/s1. The number of aromatic nitrogens is 4. The summed E-state index contributed by atoms with van der Waals surface area (Å²) in [7, 11) is 0. The van der Waals surface area contributed by atoms with Crippen LogP contribution in [0.1, 0.15) is 55.6 Å². The molecule has 1 saturated carbocycles. The van der Waals surface area contributed by atoms with Crippen molar-refractivity contribution in [3.63, 3.8) is 0 Å². The Bertz CT molecular complexity index is 759. The van der Waals surface area contributed by atoms with Gasteiger partial charge in [0.15, 0.2) is 5.82 Å². The average molecular weight is 385 g/mol. The number of hydrogen-bond acceptors (Lipinski definition) is 5. The molecule has 0 N–H and O–H groups in total. The fraction of sp³-hybridized carbons (Fsp3) is 0.571. The van der Waals surface area contributed by atoms with Crippen LogP contribution in [0.15, 0.2) is 36.9 Å². The van der Waals surface area contributed by atoms with Crippen molar-refractivity contribution < 1.29 is 4.39 Å². The van der Waals surface area contributed by atoms with Crippen LogP contribution in [0.4, 0.5) is 4.39 Å². The van der Waals surface area contributed by atoms with Crippen molar-refractivity contribution in [1.29, 1.82) is 0 Å². The van der Waals surface area contributed by atoms with Crippen molar-refractivity contribution in [3.8, 4) is 0 Å². The average Bonchev–Trinajstić information content (AvgIpc) is 3.21. The Morgan fingerprint density at radius 2 is 1.79 bits per heavy atom. The van der Waals surface area contributed by atoms with E-state index in [0.717, 1.165) is 57.0 Å². The molecule has 0 amide bonds. The molecule has 6 nitrogen and oxygen atoms in total. The van der Waals surface area contributed by atoms with Gasteiger partial charge < -0.3 is 0 Å². The summed E-state index contributed by atoms with van der Waals surface area (Å²) in [6.45, 7) is 8.57. The van der Waals surface area contributed by atoms with Crippen LogP contribution in [0.5, 0.6) is 0 Å². The minimum Gasteiger partial charge on any atom is -0.297 e. The molecular weight excluding hydrogens is 355 g/mol. The molecule has 2 fully saturated rings. The summed E-state index contributed by atoms with van der Waals surface area (Å²) in [5.74, 6) is 0.667. The van der Waals surface area contributed by atoms with E-state index in [1.54, 1.807) is 0 Å². The van der Waals surface area contributed by atoms with Crippen LogP contribution in [-0.4, -0.2) is 62.7 Å². The van der Waals surface area contributed by atoms with Gasteiger partial charge in [-0.1, -0.05) is 37.5 Å². The zero-order valence-corrected chi connectivity index (χ0v) is 16.4. The Kier molecular flexibility index (Phi) is 6.12. The highest BCUT2D eigenvalue weighted by Gasteiger charge is 2.32. The second-order valence-electron chi connectivity index (χ2n) is 7.85. The molecule has 1 saturated heterocycles. The van der Waals surface area contributed by atoms with Crippen LogP contribution >= 0.6 is 0 Å². The minimum atomic E-state index is -0.217. The van der Waals surface area contributed by atoms with Crippen LogP contribution in [0.25, 0.3) is 0 Å². The Labute approximate surface area is 166 Å². The molecule has 150 valence electrons. The Morgan fingerprint density at radius 3 is 2.46 bits per heavy atom. The van der Waals surface area contributed by atoms with E-state index in [0.29, 0.717) is 6.04 Å². The van der Waals surface area contributed by atoms with Crippen molar-refractivity contribution >= 4 is 0 Å². The molecular formula is C21H29FN6. The van der Waals surface area contributed by atoms with Crippen LogP contribution in [0.2, 0.25) is 0 Å². The van der Waals surface area contributed by atoms with Gasteiger partial charge >= 0.3 is 0 Å². The summed E-state index contributed by atoms with van der Waals surface area (Å²) in [5, 5.41) is 12.9. The molecule has 1 aromatic heterocycles. The summed E-state index contributed by atoms with van der Waals surface area (Å²) in [5.41, 5.74) is 1.05. The van der Waals surface area contributed by atoms with Crippen LogP contribution in [0.3, 0.4) is 0 Å².